The number of rotatable bonds is 18. The normalized spacial score (nSPS) is 25.5. The molecule has 1 unspecified atom stereocenters. The first-order valence-corrected chi connectivity index (χ1v) is 21.4. The van der Waals surface area contributed by atoms with Crippen molar-refractivity contribution < 1.29 is 71.4 Å². The highest BCUT2D eigenvalue weighted by atomic mass is 35.5. The number of aliphatic hydroxyl groups is 2. The third-order valence-corrected chi connectivity index (χ3v) is 11.0. The van der Waals surface area contributed by atoms with Crippen LogP contribution in [0.25, 0.3) is 11.2 Å². The first-order chi connectivity index (χ1) is 28.8. The van der Waals surface area contributed by atoms with Crippen molar-refractivity contribution in [2.24, 2.45) is 0 Å². The molecule has 0 aliphatic carbocycles. The van der Waals surface area contributed by atoms with Gasteiger partial charge in [-0.05, 0) is 30.2 Å². The van der Waals surface area contributed by atoms with E-state index in [-0.39, 0.29) is 42.1 Å². The summed E-state index contributed by atoms with van der Waals surface area (Å²) in [5, 5.41) is 25.8. The minimum atomic E-state index is -5.42. The number of nitrogens with two attached hydrogens (primary N) is 2. The van der Waals surface area contributed by atoms with E-state index in [1.54, 1.807) is 24.3 Å². The van der Waals surface area contributed by atoms with Gasteiger partial charge in [-0.3, -0.25) is 27.5 Å². The highest BCUT2D eigenvalue weighted by Crippen LogP contribution is 2.50. The van der Waals surface area contributed by atoms with Crippen molar-refractivity contribution in [3.8, 4) is 0 Å². The van der Waals surface area contributed by atoms with Gasteiger partial charge in [0.1, 0.15) is 54.2 Å². The highest BCUT2D eigenvalue weighted by Gasteiger charge is 2.52. The smallest absolute Gasteiger partial charge is 0.455 e. The zero-order valence-corrected chi connectivity index (χ0v) is 34.0. The number of nitrogens with one attached hydrogen (secondary N) is 1. The molecule has 330 valence electrons. The summed E-state index contributed by atoms with van der Waals surface area (Å²) in [5.74, 6) is -1.80. The monoisotopic (exact) mass is 915 g/mol. The van der Waals surface area contributed by atoms with Crippen molar-refractivity contribution in [3.05, 3.63) is 82.9 Å². The SMILES string of the molecule is C=CCCC(=O)N[C@@H](Cc1cccc(Cl)c1)C(=O)O[C@H]1[C@@H](O)[C@H](n2cnc3c(N)ncnc32)O[C@@H]1COP(=O)(O)O[C@H]1[C@@H](O)[C@H](n2ccc(N)nc2=O)O[C@@H]1COP(=O)(O)O. The Morgan fingerprint density at radius 1 is 1.00 bits per heavy atom. The first-order valence-electron chi connectivity index (χ1n) is 18.0. The van der Waals surface area contributed by atoms with Crippen LogP contribution in [0.1, 0.15) is 30.9 Å². The topological polar surface area (TPSA) is 367 Å². The number of esters is 1. The molecule has 28 heteroatoms. The number of halogens is 1. The number of allylic oxidation sites excluding steroid dienone is 1. The highest BCUT2D eigenvalue weighted by molar-refractivity contribution is 7.47. The summed E-state index contributed by atoms with van der Waals surface area (Å²) >= 11 is 6.16. The number of anilines is 2. The Labute approximate surface area is 349 Å². The molecule has 3 aromatic heterocycles. The molecule has 0 bridgehead atoms. The van der Waals surface area contributed by atoms with E-state index in [4.69, 9.17) is 46.3 Å². The molecule has 0 radical (unpaired) electrons. The standard InChI is InChI=1S/C33H40ClN9O16P2/c1-2-3-7-22(44)40-18(11-16-5-4-6-17(34)10-16)32(47)58-26-19(56-31(24(26)45)43-15-39-23-28(36)37-14-38-29(23)43)13-55-61(52,53)59-27-20(12-54-60(49,50)51)57-30(25(27)46)42-9-8-21(35)41-33(42)48/h2,4-6,8-10,14-15,18-20,24-27,30-31,45-46H,1,3,7,11-13H2,(H,40,44)(H,52,53)(H2,35,41,48)(H2,36,37,38)(H2,49,50,51)/t18-,19+,20+,24+,25+,26+,27+,30+,31+/m0/s1. The van der Waals surface area contributed by atoms with Crippen LogP contribution >= 0.6 is 27.2 Å². The third-order valence-electron chi connectivity index (χ3n) is 9.25. The lowest BCUT2D eigenvalue weighted by Crippen LogP contribution is -2.47. The number of carbonyl (C=O) groups is 2. The number of phosphoric ester groups is 2. The predicted octanol–water partition coefficient (Wildman–Crippen LogP) is -0.365. The molecule has 4 aromatic rings. The van der Waals surface area contributed by atoms with Gasteiger partial charge in [-0.15, -0.1) is 6.58 Å². The number of hydrogen-bond acceptors (Lipinski definition) is 19. The average molecular weight is 916 g/mol. The summed E-state index contributed by atoms with van der Waals surface area (Å²) in [4.78, 5) is 84.6. The second-order valence-corrected chi connectivity index (χ2v) is 16.6. The number of aliphatic hydroxyl groups excluding tert-OH is 2. The maximum absolute atomic E-state index is 13.9. The summed E-state index contributed by atoms with van der Waals surface area (Å²) in [6.45, 7) is 1.59. The molecule has 25 nitrogen and oxygen atoms in total. The van der Waals surface area contributed by atoms with Gasteiger partial charge in [-0.1, -0.05) is 29.8 Å². The molecule has 2 aliphatic rings. The number of amides is 1. The summed E-state index contributed by atoms with van der Waals surface area (Å²) in [6.07, 6.45) is -8.88. The zero-order chi connectivity index (χ0) is 44.2. The van der Waals surface area contributed by atoms with Gasteiger partial charge in [0.05, 0.1) is 19.5 Å². The van der Waals surface area contributed by atoms with Crippen LogP contribution in [-0.4, -0.2) is 122 Å². The van der Waals surface area contributed by atoms with Crippen molar-refractivity contribution in [2.45, 2.75) is 74.4 Å². The number of ether oxygens (including phenoxy) is 3. The molecule has 0 spiro atoms. The maximum Gasteiger partial charge on any atom is 0.472 e. The summed E-state index contributed by atoms with van der Waals surface area (Å²) in [5.41, 5.74) is 11.2. The van der Waals surface area contributed by atoms with E-state index in [1.165, 1.54) is 23.0 Å². The lowest BCUT2D eigenvalue weighted by Gasteiger charge is -2.26. The summed E-state index contributed by atoms with van der Waals surface area (Å²) < 4.78 is 59.5. The van der Waals surface area contributed by atoms with Crippen LogP contribution in [0.15, 0.2) is 66.6 Å². The number of fused-ring (bicyclic) bond motifs is 1. The quantitative estimate of drug-likeness (QED) is 0.0359. The van der Waals surface area contributed by atoms with Crippen molar-refractivity contribution in [3.63, 3.8) is 0 Å². The number of phosphoric acid groups is 2. The second-order valence-electron chi connectivity index (χ2n) is 13.5. The van der Waals surface area contributed by atoms with Gasteiger partial charge in [-0.25, -0.2) is 33.7 Å². The lowest BCUT2D eigenvalue weighted by atomic mass is 10.0. The number of carbonyl (C=O) groups excluding carboxylic acids is 2. The van der Waals surface area contributed by atoms with E-state index in [9.17, 15) is 48.4 Å². The Morgan fingerprint density at radius 3 is 2.38 bits per heavy atom. The zero-order valence-electron chi connectivity index (χ0n) is 31.5. The molecule has 10 N–H and O–H groups in total. The molecule has 6 rings (SSSR count). The van der Waals surface area contributed by atoms with Crippen molar-refractivity contribution in [1.29, 1.82) is 0 Å². The average Bonchev–Trinajstić information content (AvgIpc) is 3.85. The number of imidazole rings is 1. The van der Waals surface area contributed by atoms with Crippen molar-refractivity contribution in [1.82, 2.24) is 34.4 Å². The first kappa shape index (κ1) is 45.8. The Kier molecular flexibility index (Phi) is 14.4. The van der Waals surface area contributed by atoms with Crippen LogP contribution in [0.5, 0.6) is 0 Å². The summed E-state index contributed by atoms with van der Waals surface area (Å²) in [7, 11) is -10.6. The van der Waals surface area contributed by atoms with Crippen LogP contribution in [-0.2, 0) is 52.9 Å². The van der Waals surface area contributed by atoms with Crippen LogP contribution in [0.2, 0.25) is 5.02 Å². The Morgan fingerprint density at radius 2 is 1.69 bits per heavy atom. The van der Waals surface area contributed by atoms with E-state index in [2.05, 4.69) is 36.4 Å². The van der Waals surface area contributed by atoms with Gasteiger partial charge in [0.15, 0.2) is 30.0 Å². The molecule has 2 fully saturated rings. The minimum absolute atomic E-state index is 0.0177. The van der Waals surface area contributed by atoms with Gasteiger partial charge >= 0.3 is 27.3 Å². The molecule has 0 saturated carbocycles. The van der Waals surface area contributed by atoms with Crippen molar-refractivity contribution >= 4 is 61.9 Å². The van der Waals surface area contributed by atoms with Crippen LogP contribution in [0.3, 0.4) is 0 Å². The van der Waals surface area contributed by atoms with E-state index in [0.717, 1.165) is 17.1 Å². The van der Waals surface area contributed by atoms with E-state index in [0.29, 0.717) is 10.6 Å². The fraction of sp³-hybridized carbons (Fsp3) is 0.424. The largest absolute Gasteiger partial charge is 0.472 e. The minimum Gasteiger partial charge on any atom is -0.455 e. The van der Waals surface area contributed by atoms with Gasteiger partial charge in [0.25, 0.3) is 0 Å². The molecule has 2 aliphatic heterocycles. The number of nitrogens with zero attached hydrogens (tertiary/aromatic N) is 6. The molecular weight excluding hydrogens is 876 g/mol. The van der Waals surface area contributed by atoms with E-state index < -0.39 is 102 Å². The number of aromatic nitrogens is 6. The van der Waals surface area contributed by atoms with Gasteiger partial charge < -0.3 is 55.9 Å². The molecule has 2 saturated heterocycles. The fourth-order valence-corrected chi connectivity index (χ4v) is 7.97. The Hall–Kier alpha value is -4.72. The number of nitrogen functional groups attached to an aromatic ring is 2. The molecule has 1 aromatic carbocycles. The maximum atomic E-state index is 13.9. The molecular formula is C33H40ClN9O16P2. The second kappa shape index (κ2) is 19.1. The third kappa shape index (κ3) is 11.2. The number of hydrogen-bond donors (Lipinski definition) is 8. The van der Waals surface area contributed by atoms with E-state index in [1.807, 2.05) is 0 Å². The lowest BCUT2D eigenvalue weighted by molar-refractivity contribution is -0.160. The predicted molar refractivity (Wildman–Crippen MR) is 208 cm³/mol. The van der Waals surface area contributed by atoms with Crippen LogP contribution < -0.4 is 22.5 Å². The van der Waals surface area contributed by atoms with Crippen LogP contribution in [0.4, 0.5) is 11.6 Å². The van der Waals surface area contributed by atoms with Crippen LogP contribution in [0, 0.1) is 0 Å². The Balaban J connectivity index is 1.26. The number of benzene rings is 1. The molecule has 5 heterocycles. The van der Waals surface area contributed by atoms with Gasteiger partial charge in [-0.2, -0.15) is 4.98 Å². The molecule has 61 heavy (non-hydrogen) atoms. The fourth-order valence-electron chi connectivity index (χ4n) is 6.45. The van der Waals surface area contributed by atoms with Gasteiger partial charge in [0, 0.05) is 24.1 Å². The molecule has 10 atom stereocenters. The Bertz CT molecular complexity index is 2400. The van der Waals surface area contributed by atoms with Crippen molar-refractivity contribution in [2.75, 3.05) is 24.7 Å². The van der Waals surface area contributed by atoms with Gasteiger partial charge in [0.2, 0.25) is 5.91 Å². The summed E-state index contributed by atoms with van der Waals surface area (Å²) in [6, 6.07) is 6.27. The molecule has 1 amide bonds. The van der Waals surface area contributed by atoms with E-state index >= 15 is 0 Å².